The van der Waals surface area contributed by atoms with Crippen LogP contribution in [0.3, 0.4) is 0 Å². The number of fused-ring (bicyclic) bond motifs is 2. The summed E-state index contributed by atoms with van der Waals surface area (Å²) in [5, 5.41) is 6.59. The van der Waals surface area contributed by atoms with Crippen LogP contribution in [0.5, 0.6) is 0 Å². The summed E-state index contributed by atoms with van der Waals surface area (Å²) in [4.78, 5) is 0. The van der Waals surface area contributed by atoms with E-state index in [1.165, 1.54) is 5.56 Å². The maximum Gasteiger partial charge on any atom is 0.194 e. The molecule has 2 atom stereocenters. The Kier molecular flexibility index (Phi) is 6.21. The average Bonchev–Trinajstić information content (AvgIpc) is 3.24. The minimum Gasteiger partial charge on any atom is -0.323 e. The molecule has 0 radical (unpaired) electrons. The van der Waals surface area contributed by atoms with E-state index in [1.807, 2.05) is 6.07 Å². The van der Waals surface area contributed by atoms with Crippen molar-refractivity contribution in [2.24, 2.45) is 22.3 Å². The first-order chi connectivity index (χ1) is 16.3. The summed E-state index contributed by atoms with van der Waals surface area (Å²) < 4.78 is 53.6. The van der Waals surface area contributed by atoms with Crippen molar-refractivity contribution in [3.05, 3.63) is 69.8 Å². The molecule has 4 nitrogen and oxygen atoms in total. The number of benzene rings is 2. The minimum atomic E-state index is -1.41. The van der Waals surface area contributed by atoms with Crippen molar-refractivity contribution in [2.45, 2.75) is 50.6 Å². The molecular weight excluding hydrogens is 444 g/mol. The lowest BCUT2D eigenvalue weighted by Crippen LogP contribution is -2.42. The van der Waals surface area contributed by atoms with Crippen LogP contribution in [-0.2, 0) is 12.8 Å². The van der Waals surface area contributed by atoms with Crippen LogP contribution in [0.25, 0.3) is 0 Å². The van der Waals surface area contributed by atoms with Gasteiger partial charge < -0.3 is 22.1 Å². The fourth-order valence-electron chi connectivity index (χ4n) is 6.60. The Morgan fingerprint density at radius 3 is 1.88 bits per heavy atom. The third kappa shape index (κ3) is 3.85. The van der Waals surface area contributed by atoms with E-state index in [0.717, 1.165) is 69.9 Å². The normalized spacial score (nSPS) is 26.2. The van der Waals surface area contributed by atoms with Gasteiger partial charge in [-0.15, -0.1) is 0 Å². The Balaban J connectivity index is 0.000000142. The molecule has 2 heterocycles. The fourth-order valence-corrected chi connectivity index (χ4v) is 6.60. The molecule has 6 rings (SSSR count). The highest BCUT2D eigenvalue weighted by Gasteiger charge is 2.47. The molecule has 0 unspecified atom stereocenters. The van der Waals surface area contributed by atoms with E-state index in [1.54, 1.807) is 12.1 Å². The fraction of sp³-hybridized carbons (Fsp3) is 0.538. The molecule has 2 aliphatic carbocycles. The van der Waals surface area contributed by atoms with Crippen LogP contribution in [0.2, 0.25) is 0 Å². The van der Waals surface area contributed by atoms with Crippen LogP contribution in [0, 0.1) is 34.1 Å². The van der Waals surface area contributed by atoms with Gasteiger partial charge in [-0.1, -0.05) is 6.07 Å². The van der Waals surface area contributed by atoms with Gasteiger partial charge in [0.2, 0.25) is 0 Å². The topological polar surface area (TPSA) is 76.1 Å². The maximum absolute atomic E-state index is 13.8. The highest BCUT2D eigenvalue weighted by Crippen LogP contribution is 2.51. The highest BCUT2D eigenvalue weighted by molar-refractivity contribution is 5.41. The molecule has 2 aromatic rings. The monoisotopic (exact) mass is 476 g/mol. The van der Waals surface area contributed by atoms with E-state index in [0.29, 0.717) is 12.0 Å². The SMILES string of the molecule is N[C@@H]1c2c(cc(F)c(F)c2F)CC12CCNCC2.N[C@@H]1c2cc(F)ccc2CC12CCNCC2. The maximum atomic E-state index is 13.8. The molecule has 0 aromatic heterocycles. The van der Waals surface area contributed by atoms with Gasteiger partial charge in [0, 0.05) is 17.6 Å². The van der Waals surface area contributed by atoms with E-state index in [-0.39, 0.29) is 28.3 Å². The summed E-state index contributed by atoms with van der Waals surface area (Å²) >= 11 is 0. The van der Waals surface area contributed by atoms with Crippen LogP contribution in [0.4, 0.5) is 17.6 Å². The van der Waals surface area contributed by atoms with Gasteiger partial charge in [0.05, 0.1) is 0 Å². The van der Waals surface area contributed by atoms with Gasteiger partial charge in [-0.3, -0.25) is 0 Å². The number of nitrogens with two attached hydrogens (primary N) is 2. The highest BCUT2D eigenvalue weighted by atomic mass is 19.2. The number of piperidine rings is 2. The molecule has 2 fully saturated rings. The third-order valence-electron chi connectivity index (χ3n) is 8.64. The molecule has 184 valence electrons. The van der Waals surface area contributed by atoms with Gasteiger partial charge in [0.1, 0.15) is 5.82 Å². The van der Waals surface area contributed by atoms with E-state index in [9.17, 15) is 17.6 Å². The third-order valence-corrected chi connectivity index (χ3v) is 8.64. The zero-order valence-electron chi connectivity index (χ0n) is 19.2. The molecule has 34 heavy (non-hydrogen) atoms. The van der Waals surface area contributed by atoms with Crippen molar-refractivity contribution >= 4 is 0 Å². The van der Waals surface area contributed by atoms with Crippen molar-refractivity contribution in [1.29, 1.82) is 0 Å². The first kappa shape index (κ1) is 23.7. The largest absolute Gasteiger partial charge is 0.323 e. The lowest BCUT2D eigenvalue weighted by atomic mass is 9.73. The second-order valence-corrected chi connectivity index (χ2v) is 10.4. The van der Waals surface area contributed by atoms with Gasteiger partial charge in [-0.25, -0.2) is 17.6 Å². The lowest BCUT2D eigenvalue weighted by molar-refractivity contribution is 0.172. The predicted molar refractivity (Wildman–Crippen MR) is 123 cm³/mol. The second-order valence-electron chi connectivity index (χ2n) is 10.4. The average molecular weight is 477 g/mol. The second kappa shape index (κ2) is 8.90. The first-order valence-electron chi connectivity index (χ1n) is 12.1. The van der Waals surface area contributed by atoms with E-state index < -0.39 is 23.5 Å². The molecule has 2 aliphatic heterocycles. The molecule has 8 heteroatoms. The van der Waals surface area contributed by atoms with Crippen LogP contribution in [-0.4, -0.2) is 26.2 Å². The quantitative estimate of drug-likeness (QED) is 0.345. The molecule has 4 aliphatic rings. The summed E-state index contributed by atoms with van der Waals surface area (Å²) in [6, 6.07) is 5.65. The molecule has 2 saturated heterocycles. The zero-order chi connectivity index (χ0) is 24.1. The smallest absolute Gasteiger partial charge is 0.194 e. The van der Waals surface area contributed by atoms with Crippen molar-refractivity contribution in [3.8, 4) is 0 Å². The molecule has 0 saturated carbocycles. The molecular formula is C26H32F4N4. The van der Waals surface area contributed by atoms with Crippen LogP contribution in [0.1, 0.15) is 60.0 Å². The number of halogens is 4. The minimum absolute atomic E-state index is 0.0142. The van der Waals surface area contributed by atoms with Crippen molar-refractivity contribution < 1.29 is 17.6 Å². The Morgan fingerprint density at radius 2 is 1.26 bits per heavy atom. The summed E-state index contributed by atoms with van der Waals surface area (Å²) in [5.74, 6) is -3.80. The van der Waals surface area contributed by atoms with Gasteiger partial charge in [0.15, 0.2) is 17.5 Å². The van der Waals surface area contributed by atoms with Gasteiger partial charge in [0.25, 0.3) is 0 Å². The van der Waals surface area contributed by atoms with Crippen LogP contribution >= 0.6 is 0 Å². The number of hydrogen-bond acceptors (Lipinski definition) is 4. The Morgan fingerprint density at radius 1 is 0.706 bits per heavy atom. The Bertz CT molecular complexity index is 1080. The molecule has 0 bridgehead atoms. The lowest BCUT2D eigenvalue weighted by Gasteiger charge is -2.37. The van der Waals surface area contributed by atoms with E-state index in [4.69, 9.17) is 11.5 Å². The first-order valence-corrected chi connectivity index (χ1v) is 12.1. The van der Waals surface area contributed by atoms with Gasteiger partial charge >= 0.3 is 0 Å². The Labute approximate surface area is 197 Å². The number of rotatable bonds is 0. The van der Waals surface area contributed by atoms with Gasteiger partial charge in [-0.05, 0) is 110 Å². The molecule has 2 spiro atoms. The predicted octanol–water partition coefficient (Wildman–Crippen LogP) is 3.78. The van der Waals surface area contributed by atoms with Crippen molar-refractivity contribution in [3.63, 3.8) is 0 Å². The van der Waals surface area contributed by atoms with E-state index in [2.05, 4.69) is 10.6 Å². The molecule has 0 amide bonds. The van der Waals surface area contributed by atoms with Crippen molar-refractivity contribution in [1.82, 2.24) is 10.6 Å². The summed E-state index contributed by atoms with van der Waals surface area (Å²) in [5.41, 5.74) is 15.4. The number of hydrogen-bond donors (Lipinski definition) is 4. The van der Waals surface area contributed by atoms with E-state index >= 15 is 0 Å². The zero-order valence-corrected chi connectivity index (χ0v) is 19.2. The molecule has 2 aromatic carbocycles. The standard InChI is InChI=1S/C13H15F3N2.C13H17FN2/c14-8-5-7-6-13(1-3-18-4-2-13)12(17)9(7)11(16)10(8)15;14-10-2-1-9-8-13(3-5-16-6-4-13)12(15)11(9)7-10/h5,12,18H,1-4,6,17H2;1-2,7,12,16H,3-6,8,15H2/t2*12-/m11/s1. The number of nitrogens with one attached hydrogen (secondary N) is 2. The Hall–Kier alpha value is -2.00. The summed E-state index contributed by atoms with van der Waals surface area (Å²) in [6.07, 6.45) is 5.39. The molecule has 6 N–H and O–H groups in total. The summed E-state index contributed by atoms with van der Waals surface area (Å²) in [6.45, 7) is 3.69. The summed E-state index contributed by atoms with van der Waals surface area (Å²) in [7, 11) is 0. The van der Waals surface area contributed by atoms with Crippen LogP contribution in [0.15, 0.2) is 24.3 Å². The van der Waals surface area contributed by atoms with Crippen LogP contribution < -0.4 is 22.1 Å². The van der Waals surface area contributed by atoms with Gasteiger partial charge in [-0.2, -0.15) is 0 Å². The van der Waals surface area contributed by atoms with Crippen molar-refractivity contribution in [2.75, 3.05) is 26.2 Å².